The summed E-state index contributed by atoms with van der Waals surface area (Å²) in [5.74, 6) is 1.57. The second-order valence-electron chi connectivity index (χ2n) is 4.61. The summed E-state index contributed by atoms with van der Waals surface area (Å²) in [5.41, 5.74) is 2.64. The van der Waals surface area contributed by atoms with E-state index in [9.17, 15) is 0 Å². The highest BCUT2D eigenvalue weighted by Gasteiger charge is 2.19. The van der Waals surface area contributed by atoms with Crippen LogP contribution in [0.15, 0.2) is 18.2 Å². The minimum atomic E-state index is 0.771. The number of alkyl halides is 1. The molecule has 2 rings (SSSR count). The molecule has 1 unspecified atom stereocenters. The molecule has 0 bridgehead atoms. The molecule has 1 aromatic rings. The zero-order chi connectivity index (χ0) is 11.5. The van der Waals surface area contributed by atoms with Crippen LogP contribution in [0.3, 0.4) is 0 Å². The Morgan fingerprint density at radius 2 is 2.31 bits per heavy atom. The molecule has 0 saturated heterocycles. The first kappa shape index (κ1) is 12.5. The van der Waals surface area contributed by atoms with Crippen LogP contribution in [-0.2, 0) is 6.42 Å². The van der Waals surface area contributed by atoms with E-state index >= 15 is 0 Å². The maximum atomic E-state index is 6.03. The Bertz CT molecular complexity index is 367. The molecule has 0 spiro atoms. The van der Waals surface area contributed by atoms with Crippen LogP contribution in [0.2, 0.25) is 5.02 Å². The molecule has 0 aliphatic carbocycles. The van der Waals surface area contributed by atoms with Crippen molar-refractivity contribution in [3.63, 3.8) is 0 Å². The Balaban J connectivity index is 2.21. The largest absolute Gasteiger partial charge is 0.384 e. The van der Waals surface area contributed by atoms with Crippen molar-refractivity contribution in [1.29, 1.82) is 0 Å². The molecule has 88 valence electrons. The third kappa shape index (κ3) is 2.83. The van der Waals surface area contributed by atoms with E-state index in [1.165, 1.54) is 22.1 Å². The number of fused-ring (bicyclic) bond motifs is 1. The van der Waals surface area contributed by atoms with E-state index < -0.39 is 0 Å². The van der Waals surface area contributed by atoms with Crippen LogP contribution in [0.25, 0.3) is 0 Å². The summed E-state index contributed by atoms with van der Waals surface area (Å²) in [6.45, 7) is 3.43. The summed E-state index contributed by atoms with van der Waals surface area (Å²) in [6, 6.07) is 6.20. The second kappa shape index (κ2) is 5.58. The van der Waals surface area contributed by atoms with E-state index in [0.29, 0.717) is 0 Å². The number of anilines is 1. The maximum Gasteiger partial charge on any atom is 0.0426 e. The van der Waals surface area contributed by atoms with Crippen molar-refractivity contribution < 1.29 is 0 Å². The van der Waals surface area contributed by atoms with E-state index in [1.54, 1.807) is 0 Å². The second-order valence-corrected chi connectivity index (χ2v) is 5.93. The van der Waals surface area contributed by atoms with Gasteiger partial charge in [0.25, 0.3) is 0 Å². The molecule has 1 nitrogen and oxygen atoms in total. The fraction of sp³-hybridized carbons (Fsp3) is 0.538. The van der Waals surface area contributed by atoms with Crippen LogP contribution in [0.4, 0.5) is 5.69 Å². The summed E-state index contributed by atoms with van der Waals surface area (Å²) >= 11 is 8.52. The number of hydrogen-bond donors (Lipinski definition) is 1. The quantitative estimate of drug-likeness (QED) is 0.586. The third-order valence-electron chi connectivity index (χ3n) is 3.50. The van der Waals surface area contributed by atoms with Gasteiger partial charge in [-0.2, -0.15) is 0 Å². The van der Waals surface area contributed by atoms with Crippen LogP contribution in [0.5, 0.6) is 0 Å². The van der Waals surface area contributed by atoms with E-state index in [4.69, 9.17) is 11.6 Å². The molecule has 1 aliphatic rings. The number of hydrogen-bond acceptors (Lipinski definition) is 1. The molecule has 0 radical (unpaired) electrons. The Morgan fingerprint density at radius 3 is 3.06 bits per heavy atom. The van der Waals surface area contributed by atoms with E-state index in [-0.39, 0.29) is 0 Å². The molecular weight excluding hydrogens is 333 g/mol. The van der Waals surface area contributed by atoms with Crippen LogP contribution < -0.4 is 5.32 Å². The van der Waals surface area contributed by atoms with Crippen molar-refractivity contribution in [2.45, 2.75) is 19.8 Å². The van der Waals surface area contributed by atoms with E-state index in [2.05, 4.69) is 47.0 Å². The number of benzene rings is 1. The molecule has 0 fully saturated rings. The predicted octanol–water partition coefficient (Wildman–Crippen LogP) is 4.39. The lowest BCUT2D eigenvalue weighted by atomic mass is 9.88. The lowest BCUT2D eigenvalue weighted by Gasteiger charge is -2.27. The molecular formula is C13H17ClIN. The lowest BCUT2D eigenvalue weighted by molar-refractivity contribution is 0.386. The maximum absolute atomic E-state index is 6.03. The van der Waals surface area contributed by atoms with Gasteiger partial charge in [-0.3, -0.25) is 0 Å². The van der Waals surface area contributed by atoms with Gasteiger partial charge in [0.15, 0.2) is 0 Å². The van der Waals surface area contributed by atoms with Gasteiger partial charge < -0.3 is 5.32 Å². The summed E-state index contributed by atoms with van der Waals surface area (Å²) in [5, 5.41) is 4.37. The summed E-state index contributed by atoms with van der Waals surface area (Å²) in [4.78, 5) is 0. The highest BCUT2D eigenvalue weighted by atomic mass is 127. The van der Waals surface area contributed by atoms with Gasteiger partial charge in [0.2, 0.25) is 0 Å². The average Bonchev–Trinajstić information content (AvgIpc) is 2.26. The van der Waals surface area contributed by atoms with Crippen molar-refractivity contribution in [2.24, 2.45) is 11.8 Å². The summed E-state index contributed by atoms with van der Waals surface area (Å²) < 4.78 is 1.22. The monoisotopic (exact) mass is 349 g/mol. The minimum Gasteiger partial charge on any atom is -0.384 e. The van der Waals surface area contributed by atoms with E-state index in [1.807, 2.05) is 6.07 Å². The zero-order valence-corrected chi connectivity index (χ0v) is 12.4. The van der Waals surface area contributed by atoms with Crippen molar-refractivity contribution in [3.05, 3.63) is 28.8 Å². The summed E-state index contributed by atoms with van der Waals surface area (Å²) in [7, 11) is 0. The lowest BCUT2D eigenvalue weighted by Crippen LogP contribution is -2.25. The van der Waals surface area contributed by atoms with Gasteiger partial charge in [-0.15, -0.1) is 0 Å². The number of rotatable bonds is 1. The van der Waals surface area contributed by atoms with Crippen molar-refractivity contribution >= 4 is 39.9 Å². The van der Waals surface area contributed by atoms with Crippen molar-refractivity contribution in [2.75, 3.05) is 16.3 Å². The van der Waals surface area contributed by atoms with Gasteiger partial charge in [-0.25, -0.2) is 0 Å². The minimum absolute atomic E-state index is 0.771. The van der Waals surface area contributed by atoms with Gasteiger partial charge >= 0.3 is 0 Å². The topological polar surface area (TPSA) is 12.0 Å². The van der Waals surface area contributed by atoms with Crippen LogP contribution >= 0.6 is 34.2 Å². The van der Waals surface area contributed by atoms with Crippen LogP contribution in [-0.4, -0.2) is 11.0 Å². The molecule has 0 aromatic heterocycles. The average molecular weight is 350 g/mol. The molecule has 1 aliphatic heterocycles. The van der Waals surface area contributed by atoms with Gasteiger partial charge in [0, 0.05) is 21.7 Å². The van der Waals surface area contributed by atoms with Gasteiger partial charge in [-0.05, 0) is 42.4 Å². The molecule has 3 heteroatoms. The van der Waals surface area contributed by atoms with Gasteiger partial charge in [0.05, 0.1) is 0 Å². The molecule has 0 saturated carbocycles. The Hall–Kier alpha value is 0.0400. The fourth-order valence-electron chi connectivity index (χ4n) is 2.20. The highest BCUT2D eigenvalue weighted by Crippen LogP contribution is 2.29. The van der Waals surface area contributed by atoms with E-state index in [0.717, 1.165) is 29.8 Å². The predicted molar refractivity (Wildman–Crippen MR) is 79.8 cm³/mol. The van der Waals surface area contributed by atoms with Crippen LogP contribution in [0.1, 0.15) is 18.9 Å². The van der Waals surface area contributed by atoms with Gasteiger partial charge in [-0.1, -0.05) is 47.2 Å². The smallest absolute Gasteiger partial charge is 0.0426 e. The Morgan fingerprint density at radius 1 is 1.50 bits per heavy atom. The molecule has 2 atom stereocenters. The summed E-state index contributed by atoms with van der Waals surface area (Å²) in [6.07, 6.45) is 2.44. The molecule has 1 aromatic carbocycles. The van der Waals surface area contributed by atoms with Crippen LogP contribution in [0, 0.1) is 11.8 Å². The standard InChI is InChI=1S/C13H17ClIN/c1-9-2-3-10-4-5-12(14)6-13(10)16-8-11(9)7-15/h4-6,9,11,16H,2-3,7-8H2,1H3/t9-,11?/m0/s1. The first-order valence-corrected chi connectivity index (χ1v) is 7.69. The molecule has 16 heavy (non-hydrogen) atoms. The third-order valence-corrected chi connectivity index (χ3v) is 4.87. The first-order valence-electron chi connectivity index (χ1n) is 5.79. The first-order chi connectivity index (χ1) is 7.70. The van der Waals surface area contributed by atoms with Crippen molar-refractivity contribution in [1.82, 2.24) is 0 Å². The Kier molecular flexibility index (Phi) is 4.36. The molecule has 0 amide bonds. The SMILES string of the molecule is C[C@H]1CCc2ccc(Cl)cc2NCC1CI. The number of nitrogens with one attached hydrogen (secondary N) is 1. The number of halogens is 2. The zero-order valence-electron chi connectivity index (χ0n) is 9.47. The number of aryl methyl sites for hydroxylation is 1. The molecule has 1 heterocycles. The normalized spacial score (nSPS) is 25.2. The molecule has 1 N–H and O–H groups in total. The highest BCUT2D eigenvalue weighted by molar-refractivity contribution is 14.1. The van der Waals surface area contributed by atoms with Crippen molar-refractivity contribution in [3.8, 4) is 0 Å². The Labute approximate surface area is 116 Å². The fourth-order valence-corrected chi connectivity index (χ4v) is 3.55. The van der Waals surface area contributed by atoms with Gasteiger partial charge in [0.1, 0.15) is 0 Å².